The molecule has 1 aromatic carbocycles. The molecule has 2 aliphatic heterocycles. The number of benzene rings is 1. The van der Waals surface area contributed by atoms with Crippen LogP contribution in [-0.2, 0) is 6.42 Å². The second-order valence-corrected chi connectivity index (χ2v) is 5.87. The van der Waals surface area contributed by atoms with Gasteiger partial charge in [-0.05, 0) is 43.8 Å². The second kappa shape index (κ2) is 7.20. The molecule has 2 atom stereocenters. The van der Waals surface area contributed by atoms with Crippen LogP contribution >= 0.6 is 12.4 Å². The van der Waals surface area contributed by atoms with Crippen molar-refractivity contribution in [2.75, 3.05) is 26.2 Å². The van der Waals surface area contributed by atoms with Gasteiger partial charge in [-0.2, -0.15) is 0 Å². The summed E-state index contributed by atoms with van der Waals surface area (Å²) in [5, 5.41) is 14.2. The zero-order valence-electron chi connectivity index (χ0n) is 12.0. The lowest BCUT2D eigenvalue weighted by Crippen LogP contribution is -2.44. The van der Waals surface area contributed by atoms with Crippen molar-refractivity contribution >= 4 is 18.1 Å². The first-order valence-electron chi connectivity index (χ1n) is 7.41. The predicted octanol–water partition coefficient (Wildman–Crippen LogP) is 2.24. The van der Waals surface area contributed by atoms with Gasteiger partial charge < -0.3 is 10.2 Å². The number of rotatable bonds is 4. The van der Waals surface area contributed by atoms with Gasteiger partial charge in [-0.3, -0.25) is 10.1 Å². The quantitative estimate of drug-likeness (QED) is 0.684. The van der Waals surface area contributed by atoms with E-state index in [2.05, 4.69) is 10.2 Å². The summed E-state index contributed by atoms with van der Waals surface area (Å²) in [6.07, 6.45) is 3.53. The minimum absolute atomic E-state index is 0. The average molecular weight is 312 g/mol. The van der Waals surface area contributed by atoms with Crippen LogP contribution in [-0.4, -0.2) is 42.0 Å². The summed E-state index contributed by atoms with van der Waals surface area (Å²) in [6, 6.07) is 7.69. The highest BCUT2D eigenvalue weighted by Gasteiger charge is 2.32. The predicted molar refractivity (Wildman–Crippen MR) is 85.0 cm³/mol. The molecule has 2 aliphatic rings. The zero-order valence-corrected chi connectivity index (χ0v) is 12.8. The first-order valence-corrected chi connectivity index (χ1v) is 7.41. The first-order chi connectivity index (χ1) is 9.72. The number of halogens is 1. The smallest absolute Gasteiger partial charge is 0.269 e. The Morgan fingerprint density at radius 2 is 2.05 bits per heavy atom. The van der Waals surface area contributed by atoms with Gasteiger partial charge in [-0.15, -0.1) is 12.4 Å². The Hall–Kier alpha value is -1.17. The van der Waals surface area contributed by atoms with E-state index < -0.39 is 0 Å². The van der Waals surface area contributed by atoms with Gasteiger partial charge in [-0.25, -0.2) is 0 Å². The minimum Gasteiger partial charge on any atom is -0.314 e. The van der Waals surface area contributed by atoms with Gasteiger partial charge in [0.1, 0.15) is 0 Å². The topological polar surface area (TPSA) is 58.4 Å². The Morgan fingerprint density at radius 3 is 2.76 bits per heavy atom. The second-order valence-electron chi connectivity index (χ2n) is 5.87. The van der Waals surface area contributed by atoms with E-state index in [9.17, 15) is 10.1 Å². The van der Waals surface area contributed by atoms with E-state index in [1.165, 1.54) is 38.0 Å². The van der Waals surface area contributed by atoms with Crippen LogP contribution in [0.15, 0.2) is 24.3 Å². The third-order valence-electron chi connectivity index (χ3n) is 4.60. The van der Waals surface area contributed by atoms with Crippen molar-refractivity contribution in [1.29, 1.82) is 0 Å². The Kier molecular flexibility index (Phi) is 5.56. The Balaban J connectivity index is 0.00000161. The van der Waals surface area contributed by atoms with Gasteiger partial charge in [0.2, 0.25) is 0 Å². The lowest BCUT2D eigenvalue weighted by Gasteiger charge is -2.34. The van der Waals surface area contributed by atoms with Crippen molar-refractivity contribution in [1.82, 2.24) is 10.2 Å². The minimum atomic E-state index is -0.346. The van der Waals surface area contributed by atoms with Gasteiger partial charge in [0, 0.05) is 31.3 Å². The molecule has 2 unspecified atom stereocenters. The zero-order chi connectivity index (χ0) is 13.9. The van der Waals surface area contributed by atoms with E-state index in [1.807, 2.05) is 12.1 Å². The van der Waals surface area contributed by atoms with E-state index in [0.29, 0.717) is 0 Å². The SMILES string of the molecule is Cl.O=[N+]([O-])c1ccc(CCN2CCC3NCCC3C2)cc1. The van der Waals surface area contributed by atoms with Crippen LogP contribution < -0.4 is 5.32 Å². The first kappa shape index (κ1) is 16.2. The number of nitrogens with zero attached hydrogens (tertiary/aromatic N) is 2. The molecule has 0 bridgehead atoms. The summed E-state index contributed by atoms with van der Waals surface area (Å²) in [4.78, 5) is 12.8. The Morgan fingerprint density at radius 1 is 1.29 bits per heavy atom. The summed E-state index contributed by atoms with van der Waals surface area (Å²) in [5.74, 6) is 0.820. The maximum Gasteiger partial charge on any atom is 0.269 e. The number of nitro benzene ring substituents is 1. The summed E-state index contributed by atoms with van der Waals surface area (Å²) < 4.78 is 0. The van der Waals surface area contributed by atoms with Gasteiger partial charge >= 0.3 is 0 Å². The van der Waals surface area contributed by atoms with E-state index in [-0.39, 0.29) is 23.0 Å². The van der Waals surface area contributed by atoms with Crippen molar-refractivity contribution in [3.8, 4) is 0 Å². The largest absolute Gasteiger partial charge is 0.314 e. The maximum atomic E-state index is 10.6. The molecule has 0 spiro atoms. The van der Waals surface area contributed by atoms with Crippen LogP contribution in [0.25, 0.3) is 0 Å². The number of hydrogen-bond acceptors (Lipinski definition) is 4. The van der Waals surface area contributed by atoms with E-state index in [4.69, 9.17) is 0 Å². The van der Waals surface area contributed by atoms with Gasteiger partial charge in [0.25, 0.3) is 5.69 Å². The van der Waals surface area contributed by atoms with Crippen LogP contribution in [0.1, 0.15) is 18.4 Å². The van der Waals surface area contributed by atoms with E-state index in [1.54, 1.807) is 12.1 Å². The fourth-order valence-electron chi connectivity index (χ4n) is 3.40. The number of nitro groups is 1. The van der Waals surface area contributed by atoms with Gasteiger partial charge in [0.15, 0.2) is 0 Å². The van der Waals surface area contributed by atoms with Crippen LogP contribution in [0.3, 0.4) is 0 Å². The molecule has 0 saturated carbocycles. The molecule has 2 saturated heterocycles. The van der Waals surface area contributed by atoms with Crippen molar-refractivity contribution < 1.29 is 4.92 Å². The van der Waals surface area contributed by atoms with Crippen molar-refractivity contribution in [3.05, 3.63) is 39.9 Å². The maximum absolute atomic E-state index is 10.6. The molecule has 3 rings (SSSR count). The van der Waals surface area contributed by atoms with Crippen LogP contribution in [0.5, 0.6) is 0 Å². The third kappa shape index (κ3) is 3.93. The summed E-state index contributed by atoms with van der Waals surface area (Å²) >= 11 is 0. The summed E-state index contributed by atoms with van der Waals surface area (Å²) in [5.41, 5.74) is 1.36. The third-order valence-corrected chi connectivity index (χ3v) is 4.60. The molecule has 0 amide bonds. The molecule has 0 aromatic heterocycles. The Bertz CT molecular complexity index is 480. The highest BCUT2D eigenvalue weighted by Crippen LogP contribution is 2.24. The standard InChI is InChI=1S/C15H21N3O2.ClH/c19-18(20)14-3-1-12(2-4-14)6-9-17-10-7-15-13(11-17)5-8-16-15;/h1-4,13,15-16H,5-11H2;1H. The molecule has 5 nitrogen and oxygen atoms in total. The van der Waals surface area contributed by atoms with E-state index in [0.717, 1.165) is 24.9 Å². The number of likely N-dealkylation sites (tertiary alicyclic amines) is 1. The molecule has 6 heteroatoms. The van der Waals surface area contributed by atoms with Crippen molar-refractivity contribution in [3.63, 3.8) is 0 Å². The molecule has 1 aromatic rings. The van der Waals surface area contributed by atoms with Crippen LogP contribution in [0, 0.1) is 16.0 Å². The van der Waals surface area contributed by atoms with Crippen LogP contribution in [0.4, 0.5) is 5.69 Å². The highest BCUT2D eigenvalue weighted by molar-refractivity contribution is 5.85. The highest BCUT2D eigenvalue weighted by atomic mass is 35.5. The van der Waals surface area contributed by atoms with Gasteiger partial charge in [0.05, 0.1) is 4.92 Å². The normalized spacial score (nSPS) is 25.1. The van der Waals surface area contributed by atoms with Gasteiger partial charge in [-0.1, -0.05) is 12.1 Å². The Labute approximate surface area is 131 Å². The molecule has 116 valence electrons. The fraction of sp³-hybridized carbons (Fsp3) is 0.600. The fourth-order valence-corrected chi connectivity index (χ4v) is 3.40. The molecular formula is C15H22ClN3O2. The summed E-state index contributed by atoms with van der Waals surface area (Å²) in [6.45, 7) is 4.60. The number of nitrogens with one attached hydrogen (secondary N) is 1. The lowest BCUT2D eigenvalue weighted by molar-refractivity contribution is -0.384. The molecule has 0 aliphatic carbocycles. The average Bonchev–Trinajstić information content (AvgIpc) is 2.93. The molecule has 21 heavy (non-hydrogen) atoms. The molecule has 0 radical (unpaired) electrons. The number of fused-ring (bicyclic) bond motifs is 1. The lowest BCUT2D eigenvalue weighted by atomic mass is 9.93. The van der Waals surface area contributed by atoms with Crippen molar-refractivity contribution in [2.24, 2.45) is 5.92 Å². The number of hydrogen-bond donors (Lipinski definition) is 1. The molecule has 2 heterocycles. The van der Waals surface area contributed by atoms with Crippen molar-refractivity contribution in [2.45, 2.75) is 25.3 Å². The molecule has 1 N–H and O–H groups in total. The summed E-state index contributed by atoms with van der Waals surface area (Å²) in [7, 11) is 0. The van der Waals surface area contributed by atoms with E-state index >= 15 is 0 Å². The molecule has 2 fully saturated rings. The monoisotopic (exact) mass is 311 g/mol. The molecular weight excluding hydrogens is 290 g/mol. The number of non-ortho nitro benzene ring substituents is 1. The number of piperidine rings is 1. The van der Waals surface area contributed by atoms with Crippen LogP contribution in [0.2, 0.25) is 0 Å².